The average Bonchev–Trinajstić information content (AvgIpc) is 2.13. The molecular formula is C12H13NO4. The van der Waals surface area contributed by atoms with Crippen molar-refractivity contribution in [2.45, 2.75) is 26.7 Å². The molecule has 2 rings (SSSR count). The maximum atomic E-state index is 11.9. The Labute approximate surface area is 98.2 Å². The van der Waals surface area contributed by atoms with Crippen LogP contribution in [0.25, 0.3) is 0 Å². The van der Waals surface area contributed by atoms with Gasteiger partial charge in [-0.15, -0.1) is 0 Å². The molecule has 0 aromatic heterocycles. The number of fused-ring (bicyclic) bond motifs is 1. The van der Waals surface area contributed by atoms with Gasteiger partial charge in [-0.25, -0.2) is 4.99 Å². The number of Topliss-reactive ketones (excluding diaryl/α,β-unsaturated/α-hetero) is 1. The molecule has 0 bridgehead atoms. The number of carbonyl (C=O) groups is 3. The minimum Gasteiger partial charge on any atom is -0.480 e. The second-order valence-electron chi connectivity index (χ2n) is 5.23. The maximum Gasteiger partial charge on any atom is 0.320 e. The summed E-state index contributed by atoms with van der Waals surface area (Å²) < 4.78 is 0. The fourth-order valence-corrected chi connectivity index (χ4v) is 2.21. The van der Waals surface area contributed by atoms with Crippen LogP contribution in [-0.2, 0) is 14.4 Å². The first-order valence-electron chi connectivity index (χ1n) is 5.40. The average molecular weight is 235 g/mol. The smallest absolute Gasteiger partial charge is 0.320 e. The highest BCUT2D eigenvalue weighted by Crippen LogP contribution is 2.36. The lowest BCUT2D eigenvalue weighted by Gasteiger charge is -2.32. The highest BCUT2D eigenvalue weighted by molar-refractivity contribution is 6.29. The van der Waals surface area contributed by atoms with Gasteiger partial charge in [0.15, 0.2) is 11.7 Å². The van der Waals surface area contributed by atoms with E-state index in [2.05, 4.69) is 4.99 Å². The molecule has 0 aromatic carbocycles. The molecule has 1 N–H and O–H groups in total. The number of nitrogens with zero attached hydrogens (tertiary/aromatic N) is 1. The Bertz CT molecular complexity index is 485. The summed E-state index contributed by atoms with van der Waals surface area (Å²) in [5.41, 5.74) is 0.536. The van der Waals surface area contributed by atoms with Gasteiger partial charge < -0.3 is 5.11 Å². The van der Waals surface area contributed by atoms with Gasteiger partial charge in [-0.05, 0) is 17.9 Å². The van der Waals surface area contributed by atoms with Gasteiger partial charge in [0, 0.05) is 12.0 Å². The van der Waals surface area contributed by atoms with Crippen LogP contribution in [-0.4, -0.2) is 28.5 Å². The third-order valence-electron chi connectivity index (χ3n) is 3.01. The number of allylic oxidation sites excluding steroid dienone is 1. The number of carboxylic acid groups (broad SMARTS) is 1. The molecule has 90 valence electrons. The molecule has 17 heavy (non-hydrogen) atoms. The molecule has 1 saturated carbocycles. The van der Waals surface area contributed by atoms with Gasteiger partial charge in [0.2, 0.25) is 0 Å². The van der Waals surface area contributed by atoms with Gasteiger partial charge >= 0.3 is 5.97 Å². The number of dihydropyridines is 1. The number of amides is 1. The molecule has 1 atom stereocenters. The lowest BCUT2D eigenvalue weighted by atomic mass is 9.72. The van der Waals surface area contributed by atoms with Gasteiger partial charge in [0.25, 0.3) is 5.91 Å². The normalized spacial score (nSPS) is 27.1. The molecule has 0 spiro atoms. The predicted octanol–water partition coefficient (Wildman–Crippen LogP) is 0.984. The zero-order valence-electron chi connectivity index (χ0n) is 9.69. The van der Waals surface area contributed by atoms with E-state index in [1.807, 2.05) is 13.8 Å². The van der Waals surface area contributed by atoms with Crippen LogP contribution in [0.15, 0.2) is 16.6 Å². The van der Waals surface area contributed by atoms with Crippen molar-refractivity contribution < 1.29 is 19.5 Å². The van der Waals surface area contributed by atoms with Crippen LogP contribution in [0.4, 0.5) is 0 Å². The molecular weight excluding hydrogens is 222 g/mol. The predicted molar refractivity (Wildman–Crippen MR) is 59.7 cm³/mol. The quantitative estimate of drug-likeness (QED) is 0.687. The largest absolute Gasteiger partial charge is 0.480 e. The second-order valence-corrected chi connectivity index (χ2v) is 5.23. The fourth-order valence-electron chi connectivity index (χ4n) is 2.21. The van der Waals surface area contributed by atoms with Crippen molar-refractivity contribution in [3.63, 3.8) is 0 Å². The zero-order valence-corrected chi connectivity index (χ0v) is 9.69. The van der Waals surface area contributed by atoms with Crippen LogP contribution in [0.3, 0.4) is 0 Å². The highest BCUT2D eigenvalue weighted by Gasteiger charge is 2.39. The minimum atomic E-state index is -1.31. The van der Waals surface area contributed by atoms with Crippen molar-refractivity contribution in [2.75, 3.05) is 0 Å². The summed E-state index contributed by atoms with van der Waals surface area (Å²) >= 11 is 0. The monoisotopic (exact) mass is 235 g/mol. The number of carbonyl (C=O) groups excluding carboxylic acids is 2. The number of carboxylic acids is 1. The summed E-state index contributed by atoms with van der Waals surface area (Å²) in [6, 6.07) is 0. The Morgan fingerprint density at radius 1 is 1.41 bits per heavy atom. The maximum absolute atomic E-state index is 11.9. The number of aliphatic imine (C=N–C) groups is 1. The molecule has 0 radical (unpaired) electrons. The van der Waals surface area contributed by atoms with Crippen LogP contribution in [0.1, 0.15) is 26.7 Å². The van der Waals surface area contributed by atoms with Crippen molar-refractivity contribution in [1.29, 1.82) is 0 Å². The Morgan fingerprint density at radius 3 is 2.65 bits per heavy atom. The van der Waals surface area contributed by atoms with E-state index in [4.69, 9.17) is 5.11 Å². The Morgan fingerprint density at radius 2 is 2.06 bits per heavy atom. The van der Waals surface area contributed by atoms with E-state index in [-0.39, 0.29) is 11.2 Å². The van der Waals surface area contributed by atoms with Crippen LogP contribution in [0, 0.1) is 11.3 Å². The lowest BCUT2D eigenvalue weighted by Crippen LogP contribution is -2.36. The van der Waals surface area contributed by atoms with E-state index in [1.54, 1.807) is 0 Å². The number of aliphatic carboxylic acids is 1. The molecule has 0 aromatic rings. The third-order valence-corrected chi connectivity index (χ3v) is 3.01. The summed E-state index contributed by atoms with van der Waals surface area (Å²) in [5, 5.41) is 8.84. The van der Waals surface area contributed by atoms with Gasteiger partial charge in [0.05, 0.1) is 5.71 Å². The Kier molecular flexibility index (Phi) is 2.49. The molecule has 1 heterocycles. The first-order chi connectivity index (χ1) is 7.80. The molecule has 1 amide bonds. The van der Waals surface area contributed by atoms with E-state index >= 15 is 0 Å². The van der Waals surface area contributed by atoms with E-state index in [0.717, 1.165) is 0 Å². The summed E-state index contributed by atoms with van der Waals surface area (Å²) in [6.07, 6.45) is 2.13. The minimum absolute atomic E-state index is 0.126. The van der Waals surface area contributed by atoms with Gasteiger partial charge in [0.1, 0.15) is 0 Å². The van der Waals surface area contributed by atoms with E-state index in [9.17, 15) is 14.4 Å². The van der Waals surface area contributed by atoms with Crippen molar-refractivity contribution in [1.82, 2.24) is 0 Å². The summed E-state index contributed by atoms with van der Waals surface area (Å²) in [6.45, 7) is 3.86. The SMILES string of the molecule is CC1(C)CC(=O)C2=CC(C(=O)O)C(=O)N=C2C1. The van der Waals surface area contributed by atoms with E-state index in [0.29, 0.717) is 24.1 Å². The second kappa shape index (κ2) is 3.61. The molecule has 1 aliphatic heterocycles. The van der Waals surface area contributed by atoms with Crippen molar-refractivity contribution in [3.05, 3.63) is 11.6 Å². The van der Waals surface area contributed by atoms with Crippen molar-refractivity contribution in [3.8, 4) is 0 Å². The Balaban J connectivity index is 2.41. The van der Waals surface area contributed by atoms with Gasteiger partial charge in [-0.2, -0.15) is 0 Å². The third kappa shape index (κ3) is 2.05. The standard InChI is InChI=1S/C12H13NO4/c1-12(2)4-8-6(9(14)5-12)3-7(11(16)17)10(15)13-8/h3,7H,4-5H2,1-2H3,(H,16,17). The molecule has 0 saturated heterocycles. The van der Waals surface area contributed by atoms with E-state index in [1.165, 1.54) is 6.08 Å². The number of rotatable bonds is 1. The molecule has 1 unspecified atom stereocenters. The van der Waals surface area contributed by atoms with Gasteiger partial charge in [-0.1, -0.05) is 13.8 Å². The lowest BCUT2D eigenvalue weighted by molar-refractivity contribution is -0.143. The van der Waals surface area contributed by atoms with Crippen molar-refractivity contribution >= 4 is 23.4 Å². The molecule has 1 aliphatic carbocycles. The summed E-state index contributed by atoms with van der Waals surface area (Å²) in [7, 11) is 0. The molecule has 1 fully saturated rings. The van der Waals surface area contributed by atoms with Crippen LogP contribution >= 0.6 is 0 Å². The summed E-state index contributed by atoms with van der Waals surface area (Å²) in [4.78, 5) is 37.9. The van der Waals surface area contributed by atoms with Crippen molar-refractivity contribution in [2.24, 2.45) is 16.3 Å². The van der Waals surface area contributed by atoms with Crippen LogP contribution < -0.4 is 0 Å². The van der Waals surface area contributed by atoms with Crippen LogP contribution in [0.2, 0.25) is 0 Å². The highest BCUT2D eigenvalue weighted by atomic mass is 16.4. The topological polar surface area (TPSA) is 83.8 Å². The van der Waals surface area contributed by atoms with E-state index < -0.39 is 17.8 Å². The number of hydrogen-bond donors (Lipinski definition) is 1. The molecule has 5 heteroatoms. The summed E-state index contributed by atoms with van der Waals surface area (Å²) in [5.74, 6) is -3.39. The zero-order chi connectivity index (χ0) is 12.8. The number of hydrogen-bond acceptors (Lipinski definition) is 3. The fraction of sp³-hybridized carbons (Fsp3) is 0.500. The first kappa shape index (κ1) is 11.7. The van der Waals surface area contributed by atoms with Crippen LogP contribution in [0.5, 0.6) is 0 Å². The molecule has 2 aliphatic rings. The Hall–Kier alpha value is -1.78. The number of ketones is 1. The first-order valence-corrected chi connectivity index (χ1v) is 5.40. The van der Waals surface area contributed by atoms with Gasteiger partial charge in [-0.3, -0.25) is 14.4 Å². The molecule has 5 nitrogen and oxygen atoms in total.